The fraction of sp³-hybridized carbons (Fsp3) is 0.708. The molecule has 6 aliphatic heterocycles. The van der Waals surface area contributed by atoms with E-state index in [0.717, 1.165) is 28.4 Å². The minimum absolute atomic E-state index is 0.411. The van der Waals surface area contributed by atoms with Gasteiger partial charge in [0.2, 0.25) is 0 Å². The second-order valence-electron chi connectivity index (χ2n) is 20.8. The first-order chi connectivity index (χ1) is 65.9. The predicted octanol–water partition coefficient (Wildman–Crippen LogP) is 10.7. The third kappa shape index (κ3) is 17.5. The first-order valence-electron chi connectivity index (χ1n) is 57.3. The highest BCUT2D eigenvalue weighted by Crippen LogP contribution is 2.48. The molecular weight excluding hydrogens is 1140 g/mol. The Balaban J connectivity index is 0.000000304. The molecule has 3 aromatic rings. The van der Waals surface area contributed by atoms with Crippen LogP contribution in [0.25, 0.3) is 0 Å². The molecule has 0 radical (unpaired) electrons. The number of hydrogen-bond acceptors (Lipinski definition) is 18. The van der Waals surface area contributed by atoms with E-state index < -0.39 is 375 Å². The van der Waals surface area contributed by atoms with Gasteiger partial charge in [0.05, 0.1) is 63.1 Å². The summed E-state index contributed by atoms with van der Waals surface area (Å²) in [5.74, 6) is -36.5. The van der Waals surface area contributed by atoms with E-state index in [9.17, 15) is 39.1 Å². The second-order valence-corrected chi connectivity index (χ2v) is 20.8. The van der Waals surface area contributed by atoms with Gasteiger partial charge < -0.3 is 59.8 Å². The van der Waals surface area contributed by atoms with Crippen molar-refractivity contribution < 1.29 is 139 Å². The van der Waals surface area contributed by atoms with Crippen molar-refractivity contribution in [3.05, 3.63) is 69.6 Å². The van der Waals surface area contributed by atoms with Gasteiger partial charge in [-0.15, -0.1) is 0 Å². The van der Waals surface area contributed by atoms with Crippen molar-refractivity contribution in [3.8, 4) is 34.5 Å². The van der Waals surface area contributed by atoms with Crippen molar-refractivity contribution in [3.63, 3.8) is 0 Å². The Kier molecular flexibility index (Phi) is 9.41. The largest absolute Gasteiger partial charge is 0.493 e. The number of nitrogens with zero attached hydrogens (tertiary/aromatic N) is 3. The molecule has 504 valence electrons. The fourth-order valence-electron chi connectivity index (χ4n) is 8.11. The van der Waals surface area contributed by atoms with Crippen molar-refractivity contribution in [2.45, 2.75) is 195 Å². The summed E-state index contributed by atoms with van der Waals surface area (Å²) in [7, 11) is -3.19. The van der Waals surface area contributed by atoms with Crippen molar-refractivity contribution in [2.24, 2.45) is 70.3 Å². The van der Waals surface area contributed by atoms with Crippen LogP contribution in [0.15, 0.2) is 36.3 Å². The molecule has 0 spiro atoms. The molecular formula is C72H114N6O12. The summed E-state index contributed by atoms with van der Waals surface area (Å²) >= 11 is 0. The molecule has 90 heavy (non-hydrogen) atoms. The number of ether oxygens (including phenoxy) is 9. The summed E-state index contributed by atoms with van der Waals surface area (Å²) in [5.41, 5.74) is 9.71. The maximum atomic E-state index is 13.4. The normalized spacial score (nSPS) is 49.4. The highest BCUT2D eigenvalue weighted by atomic mass is 16.6. The van der Waals surface area contributed by atoms with E-state index in [2.05, 4.69) is 0 Å². The first-order valence-corrected chi connectivity index (χ1v) is 27.3. The van der Waals surface area contributed by atoms with Crippen LogP contribution in [0.1, 0.15) is 255 Å². The zero-order valence-corrected chi connectivity index (χ0v) is 51.2. The van der Waals surface area contributed by atoms with E-state index in [1.165, 1.54) is 41.5 Å². The minimum Gasteiger partial charge on any atom is -0.493 e. The molecule has 6 N–H and O–H groups in total. The van der Waals surface area contributed by atoms with Crippen LogP contribution in [-0.2, 0) is 47.7 Å². The Hall–Kier alpha value is -5.37. The molecule has 0 saturated carbocycles. The summed E-state index contributed by atoms with van der Waals surface area (Å²) in [6, 6.07) is -24.3. The number of piperidine rings is 3. The topological polar surface area (TPSA) is 222 Å². The van der Waals surface area contributed by atoms with Crippen LogP contribution < -0.4 is 45.6 Å². The van der Waals surface area contributed by atoms with Crippen molar-refractivity contribution in [1.82, 2.24) is 14.7 Å². The van der Waals surface area contributed by atoms with Crippen molar-refractivity contribution in [2.75, 3.05) is 81.5 Å². The molecule has 12 unspecified atom stereocenters. The molecule has 15 atom stereocenters. The van der Waals surface area contributed by atoms with E-state index in [0.29, 0.717) is 20.8 Å². The summed E-state index contributed by atoms with van der Waals surface area (Å²) < 4.78 is 569. The Morgan fingerprint density at radius 1 is 0.489 bits per heavy atom. The zero-order chi connectivity index (χ0) is 119. The summed E-state index contributed by atoms with van der Waals surface area (Å²) in [6.45, 7) is -26.9. The van der Waals surface area contributed by atoms with Crippen LogP contribution in [0.4, 0.5) is 0 Å². The number of nitrogens with two attached hydrogens (primary N) is 3. The number of methoxy groups -OCH3 is 6. The van der Waals surface area contributed by atoms with E-state index in [1.54, 1.807) is 0 Å². The maximum Gasteiger partial charge on any atom is 0.323 e. The van der Waals surface area contributed by atoms with Crippen LogP contribution in [0.2, 0.25) is 0 Å². The number of esters is 3. The minimum atomic E-state index is -4.38. The fourth-order valence-corrected chi connectivity index (χ4v) is 8.11. The monoisotopic (exact) mass is 1320 g/mol. The average molecular weight is 1320 g/mol. The van der Waals surface area contributed by atoms with Gasteiger partial charge in [-0.25, -0.2) is 0 Å². The van der Waals surface area contributed by atoms with Crippen LogP contribution in [-0.4, -0.2) is 151 Å². The molecule has 6 heterocycles. The Labute approximate surface area is 623 Å². The van der Waals surface area contributed by atoms with Gasteiger partial charge in [0.15, 0.2) is 34.5 Å². The molecule has 0 aromatic heterocycles. The number of fused-ring (bicyclic) bond motifs is 9. The lowest BCUT2D eigenvalue weighted by atomic mass is 9.79. The second kappa shape index (κ2) is 32.5. The number of benzene rings is 3. The third-order valence-electron chi connectivity index (χ3n) is 13.0. The van der Waals surface area contributed by atoms with Gasteiger partial charge in [0, 0.05) is 156 Å². The standard InChI is InChI=1S/3C24H38N2O4/c3*1-14(2)9-17-13-26-8-7-16-10-21(28-5)22(29-6)11-18(16)19(26)12-20(17)30-24(27)23(25)15(3)4/h3*10-11,14-15,17,19-20,23H,7-9,12-13,25H2,1-6H3/t3*17?,19?,20?,23-/m000/s1/i2*1D3,5D3,7D2,8D2,9D2,10D,11D,12D2,13D2,14D,17D,19D;1D3,7D2,8D2,9D2,10D,11D,12D2,13D2,14D,17D,19D/t3*14?,17?,19?,20?,23-. The zero-order valence-electron chi connectivity index (χ0n) is 111. The highest BCUT2D eigenvalue weighted by Gasteiger charge is 2.45. The smallest absolute Gasteiger partial charge is 0.323 e. The summed E-state index contributed by atoms with van der Waals surface area (Å²) in [4.78, 5) is 38.5. The van der Waals surface area contributed by atoms with Gasteiger partial charge in [0.25, 0.3) is 0 Å². The lowest BCUT2D eigenvalue weighted by Gasteiger charge is -2.47. The molecule has 9 rings (SSSR count). The Morgan fingerprint density at radius 2 is 0.744 bits per heavy atom. The Morgan fingerprint density at radius 3 is 0.978 bits per heavy atom. The van der Waals surface area contributed by atoms with Gasteiger partial charge >= 0.3 is 17.9 Å². The maximum absolute atomic E-state index is 13.4. The first kappa shape index (κ1) is 26.1. The van der Waals surface area contributed by atoms with Crippen LogP contribution in [0, 0.1) is 53.1 Å². The molecule has 18 nitrogen and oxygen atoms in total. The molecule has 3 fully saturated rings. The highest BCUT2D eigenvalue weighted by molar-refractivity contribution is 5.77. The lowest BCUT2D eigenvalue weighted by molar-refractivity contribution is -0.161. The van der Waals surface area contributed by atoms with Crippen LogP contribution >= 0.6 is 0 Å². The van der Waals surface area contributed by atoms with E-state index in [1.807, 2.05) is 0 Å². The number of hydrogen-bond donors (Lipinski definition) is 3. The average Bonchev–Trinajstić information content (AvgIpc) is 0.642. The molecule has 0 aliphatic carbocycles. The van der Waals surface area contributed by atoms with E-state index >= 15 is 0 Å². The van der Waals surface area contributed by atoms with Crippen molar-refractivity contribution in [1.29, 1.82) is 0 Å². The van der Waals surface area contributed by atoms with E-state index in [4.69, 9.17) is 117 Å². The number of rotatable bonds is 21. The van der Waals surface area contributed by atoms with Crippen LogP contribution in [0.5, 0.6) is 34.5 Å². The third-order valence-corrected chi connectivity index (χ3v) is 13.0. The molecule has 0 amide bonds. The van der Waals surface area contributed by atoms with Gasteiger partial charge in [-0.2, -0.15) is 0 Å². The SMILES string of the molecule is [2H]c1c(OC([2H])([2H])[2H])c(OC)c([2H])c2c1C([2H])([2H])C([2H])([2H])N1C([2H])([2H])C([2H])(C([2H])([2H])C([2H])(C)C([2H])([2H])[2H])C(OC(=O)[C@@H](N)C(C)C)C([2H])([2H])C21[2H].[2H]c1c(OC([2H])([2H])[2H])c(OC)c([2H])c2c1C([2H])([2H])C([2H])([2H])N1C([2H])([2H])C([2H])(C([2H])([2H])C([2H])(C)C([2H])([2H])[2H])C(OC(=O)[C@@H](N)C(C)C)C([2H])([2H])C21[2H].[2H]c1c(OC)c(OC)c([2H])c2c1C([2H])([2H])C([2H])([2H])N1C([2H])([2H])C([2H])(C([2H])([2H])C([2H])(C)C([2H])([2H])[2H])C(OC(=O)[C@@H](N)C(C)C)C([2H])([2H])C21[2H]. The van der Waals surface area contributed by atoms with Crippen molar-refractivity contribution >= 4 is 17.9 Å². The van der Waals surface area contributed by atoms with Gasteiger partial charge in [-0.3, -0.25) is 29.1 Å². The molecule has 0 bridgehead atoms. The van der Waals surface area contributed by atoms with Crippen LogP contribution in [0.3, 0.4) is 0 Å². The number of carbonyl (C=O) groups is 3. The summed E-state index contributed by atoms with van der Waals surface area (Å²) in [6.07, 6.45) is -46.2. The van der Waals surface area contributed by atoms with Gasteiger partial charge in [-0.05, 0) is 143 Å². The molecule has 6 aliphatic rings. The molecule has 3 saturated heterocycles. The van der Waals surface area contributed by atoms with Gasteiger partial charge in [-0.1, -0.05) is 82.9 Å². The lowest BCUT2D eigenvalue weighted by Crippen LogP contribution is -2.51. The van der Waals surface area contributed by atoms with Gasteiger partial charge in [0.1, 0.15) is 36.4 Å². The Bertz CT molecular complexity index is 5470. The quantitative estimate of drug-likeness (QED) is 0.0666. The molecule has 3 aromatic carbocycles. The number of carbonyl (C=O) groups excluding carboxylic acids is 3. The molecule has 18 heteroatoms. The summed E-state index contributed by atoms with van der Waals surface area (Å²) in [5, 5.41) is 0. The van der Waals surface area contributed by atoms with E-state index in [-0.39, 0.29) is 0 Å². The predicted molar refractivity (Wildman–Crippen MR) is 353 cm³/mol.